The molecule has 0 atom stereocenters. The molecule has 0 aliphatic rings. The predicted molar refractivity (Wildman–Crippen MR) is 174 cm³/mol. The zero-order valence-corrected chi connectivity index (χ0v) is 25.6. The van der Waals surface area contributed by atoms with E-state index >= 15 is 0 Å². The van der Waals surface area contributed by atoms with Gasteiger partial charge in [0.15, 0.2) is 37.9 Å². The summed E-state index contributed by atoms with van der Waals surface area (Å²) in [6.45, 7) is 1.74. The lowest BCUT2D eigenvalue weighted by Crippen LogP contribution is -2.37. The minimum Gasteiger partial charge on any atom is -0.378 e. The SMILES string of the molecule is CN(C)c1ccc(CCc2cc[n+](Cc3ccccc3C[n+]3ccc(CCc4ccc(N(C)C)cc4)cc3)cc2)cc1. The van der Waals surface area contributed by atoms with Crippen molar-refractivity contribution < 1.29 is 9.13 Å². The molecular weight excluding hydrogens is 512 g/mol. The zero-order valence-electron chi connectivity index (χ0n) is 25.6. The van der Waals surface area contributed by atoms with Crippen LogP contribution in [-0.4, -0.2) is 28.2 Å². The number of aromatic nitrogens is 2. The summed E-state index contributed by atoms with van der Waals surface area (Å²) in [6, 6.07) is 35.6. The van der Waals surface area contributed by atoms with Crippen molar-refractivity contribution in [2.24, 2.45) is 0 Å². The summed E-state index contributed by atoms with van der Waals surface area (Å²) in [5.74, 6) is 0. The molecule has 0 aliphatic carbocycles. The molecule has 0 fully saturated rings. The van der Waals surface area contributed by atoms with Crippen molar-refractivity contribution >= 4 is 11.4 Å². The maximum Gasteiger partial charge on any atom is 0.174 e. The van der Waals surface area contributed by atoms with E-state index in [0.717, 1.165) is 38.8 Å². The Hall–Kier alpha value is -4.44. The molecule has 0 unspecified atom stereocenters. The van der Waals surface area contributed by atoms with Gasteiger partial charge in [-0.25, -0.2) is 9.13 Å². The number of pyridine rings is 2. The van der Waals surface area contributed by atoms with E-state index in [1.807, 2.05) is 0 Å². The van der Waals surface area contributed by atoms with Crippen molar-refractivity contribution in [1.82, 2.24) is 0 Å². The van der Waals surface area contributed by atoms with Gasteiger partial charge in [-0.05, 0) is 72.2 Å². The Morgan fingerprint density at radius 1 is 0.405 bits per heavy atom. The van der Waals surface area contributed by atoms with Crippen LogP contribution in [0.4, 0.5) is 11.4 Å². The van der Waals surface area contributed by atoms with E-state index in [0.29, 0.717) is 0 Å². The first-order valence-electron chi connectivity index (χ1n) is 15.0. The normalized spacial score (nSPS) is 11.0. The van der Waals surface area contributed by atoms with E-state index in [1.54, 1.807) is 0 Å². The minimum atomic E-state index is 0.869. The number of anilines is 2. The summed E-state index contributed by atoms with van der Waals surface area (Å²) >= 11 is 0. The summed E-state index contributed by atoms with van der Waals surface area (Å²) < 4.78 is 4.57. The first kappa shape index (κ1) is 29.1. The van der Waals surface area contributed by atoms with Crippen molar-refractivity contribution in [3.05, 3.63) is 155 Å². The van der Waals surface area contributed by atoms with E-state index in [2.05, 4.69) is 169 Å². The molecule has 5 aromatic rings. The molecule has 0 saturated heterocycles. The van der Waals surface area contributed by atoms with Crippen LogP contribution in [-0.2, 0) is 38.8 Å². The first-order chi connectivity index (χ1) is 20.4. The van der Waals surface area contributed by atoms with Gasteiger partial charge in [0.25, 0.3) is 0 Å². The van der Waals surface area contributed by atoms with Crippen LogP contribution < -0.4 is 18.9 Å². The molecule has 0 N–H and O–H groups in total. The van der Waals surface area contributed by atoms with Crippen LogP contribution in [0.3, 0.4) is 0 Å². The standard InChI is InChI=1S/C38H44N4/c1-39(2)37-17-13-31(14-18-37)9-11-33-21-25-41(26-22-33)29-35-7-5-6-8-36(35)30-42-27-23-34(24-28-42)12-10-32-15-19-38(20-16-32)40(3)4/h5-8,13-28H,9-12,29-30H2,1-4H3/q+2. The largest absolute Gasteiger partial charge is 0.378 e. The van der Waals surface area contributed by atoms with Gasteiger partial charge in [0.05, 0.1) is 0 Å². The maximum atomic E-state index is 2.28. The minimum absolute atomic E-state index is 0.869. The van der Waals surface area contributed by atoms with Gasteiger partial charge in [-0.1, -0.05) is 48.5 Å². The third-order valence-electron chi connectivity index (χ3n) is 8.05. The molecule has 0 amide bonds. The van der Waals surface area contributed by atoms with Crippen LogP contribution in [0.5, 0.6) is 0 Å². The fourth-order valence-corrected chi connectivity index (χ4v) is 5.28. The molecule has 0 bridgehead atoms. The fraction of sp³-hybridized carbons (Fsp3) is 0.263. The fourth-order valence-electron chi connectivity index (χ4n) is 5.28. The quantitative estimate of drug-likeness (QED) is 0.174. The zero-order chi connectivity index (χ0) is 29.3. The summed E-state index contributed by atoms with van der Waals surface area (Å²) in [5.41, 5.74) is 10.7. The van der Waals surface area contributed by atoms with E-state index in [9.17, 15) is 0 Å². The molecule has 4 nitrogen and oxygen atoms in total. The highest BCUT2D eigenvalue weighted by molar-refractivity contribution is 5.47. The van der Waals surface area contributed by atoms with Gasteiger partial charge < -0.3 is 9.80 Å². The van der Waals surface area contributed by atoms with E-state index < -0.39 is 0 Å². The first-order valence-corrected chi connectivity index (χ1v) is 15.0. The Labute approximate surface area is 252 Å². The molecule has 0 spiro atoms. The van der Waals surface area contributed by atoms with Crippen molar-refractivity contribution in [2.45, 2.75) is 38.8 Å². The summed E-state index contributed by atoms with van der Waals surface area (Å²) in [5, 5.41) is 0. The lowest BCUT2D eigenvalue weighted by Gasteiger charge is -2.12. The molecular formula is C38H44N4+2. The van der Waals surface area contributed by atoms with Crippen molar-refractivity contribution in [3.63, 3.8) is 0 Å². The topological polar surface area (TPSA) is 14.2 Å². The molecule has 3 aromatic carbocycles. The van der Waals surface area contributed by atoms with Crippen LogP contribution in [0.2, 0.25) is 0 Å². The predicted octanol–water partition coefficient (Wildman–Crippen LogP) is 6.06. The number of hydrogen-bond acceptors (Lipinski definition) is 2. The second-order valence-corrected chi connectivity index (χ2v) is 11.6. The second kappa shape index (κ2) is 14.0. The van der Waals surface area contributed by atoms with Crippen LogP contribution in [0, 0.1) is 0 Å². The lowest BCUT2D eigenvalue weighted by atomic mass is 10.0. The average molecular weight is 557 g/mol. The summed E-state index contributed by atoms with van der Waals surface area (Å²) in [7, 11) is 8.32. The van der Waals surface area contributed by atoms with Gasteiger partial charge >= 0.3 is 0 Å². The average Bonchev–Trinajstić information content (AvgIpc) is 3.02. The highest BCUT2D eigenvalue weighted by Crippen LogP contribution is 2.16. The van der Waals surface area contributed by atoms with Crippen LogP contribution in [0.1, 0.15) is 33.4 Å². The molecule has 42 heavy (non-hydrogen) atoms. The van der Waals surface area contributed by atoms with Gasteiger partial charge in [0.1, 0.15) is 0 Å². The number of benzene rings is 3. The Kier molecular flexibility index (Phi) is 9.66. The molecule has 214 valence electrons. The Balaban J connectivity index is 1.14. The van der Waals surface area contributed by atoms with E-state index in [4.69, 9.17) is 0 Å². The van der Waals surface area contributed by atoms with Gasteiger partial charge in [0, 0.05) is 75.0 Å². The molecule has 4 heteroatoms. The van der Waals surface area contributed by atoms with Crippen molar-refractivity contribution in [1.29, 1.82) is 0 Å². The summed E-state index contributed by atoms with van der Waals surface area (Å²) in [4.78, 5) is 4.28. The van der Waals surface area contributed by atoms with Crippen molar-refractivity contribution in [3.8, 4) is 0 Å². The van der Waals surface area contributed by atoms with Gasteiger partial charge in [-0.3, -0.25) is 0 Å². The molecule has 5 rings (SSSR count). The van der Waals surface area contributed by atoms with E-state index in [1.165, 1.54) is 44.8 Å². The Bertz CT molecular complexity index is 1420. The maximum absolute atomic E-state index is 2.28. The third-order valence-corrected chi connectivity index (χ3v) is 8.05. The third kappa shape index (κ3) is 8.07. The van der Waals surface area contributed by atoms with Crippen LogP contribution in [0.15, 0.2) is 122 Å². The van der Waals surface area contributed by atoms with Gasteiger partial charge in [-0.15, -0.1) is 0 Å². The molecule has 2 heterocycles. The highest BCUT2D eigenvalue weighted by atomic mass is 15.1. The van der Waals surface area contributed by atoms with Gasteiger partial charge in [0.2, 0.25) is 0 Å². The van der Waals surface area contributed by atoms with Crippen LogP contribution in [0.25, 0.3) is 0 Å². The summed E-state index contributed by atoms with van der Waals surface area (Å²) in [6.07, 6.45) is 13.1. The second-order valence-electron chi connectivity index (χ2n) is 11.6. The number of rotatable bonds is 12. The lowest BCUT2D eigenvalue weighted by molar-refractivity contribution is -0.693. The number of aryl methyl sites for hydroxylation is 4. The van der Waals surface area contributed by atoms with Crippen LogP contribution >= 0.6 is 0 Å². The molecule has 0 radical (unpaired) electrons. The Morgan fingerprint density at radius 2 is 0.714 bits per heavy atom. The van der Waals surface area contributed by atoms with E-state index in [-0.39, 0.29) is 0 Å². The monoisotopic (exact) mass is 556 g/mol. The number of hydrogen-bond donors (Lipinski definition) is 0. The smallest absolute Gasteiger partial charge is 0.174 e. The molecule has 0 aliphatic heterocycles. The van der Waals surface area contributed by atoms with Gasteiger partial charge in [-0.2, -0.15) is 0 Å². The Morgan fingerprint density at radius 3 is 1.02 bits per heavy atom. The molecule has 2 aromatic heterocycles. The molecule has 0 saturated carbocycles. The highest BCUT2D eigenvalue weighted by Gasteiger charge is 2.12. The number of nitrogens with zero attached hydrogens (tertiary/aromatic N) is 4. The van der Waals surface area contributed by atoms with Crippen molar-refractivity contribution in [2.75, 3.05) is 38.0 Å².